The Balaban J connectivity index is 2.20. The van der Waals surface area contributed by atoms with Crippen molar-refractivity contribution in [3.05, 3.63) is 60.2 Å². The van der Waals surface area contributed by atoms with Gasteiger partial charge in [-0.25, -0.2) is 0 Å². The number of nitrogens with one attached hydrogen (secondary N) is 1. The summed E-state index contributed by atoms with van der Waals surface area (Å²) in [5, 5.41) is 3.02. The standard InChI is InChI=1S/C15H15N2O/c1-16-13-10-8-12(9-11-13)15(18)17(2)14-6-4-3-5-7-14/h3-6,8-11,16H,1-2H3. The maximum Gasteiger partial charge on any atom is 0.258 e. The molecule has 1 N–H and O–H groups in total. The predicted molar refractivity (Wildman–Crippen MR) is 74.0 cm³/mol. The van der Waals surface area contributed by atoms with E-state index in [2.05, 4.69) is 11.4 Å². The maximum absolute atomic E-state index is 12.2. The van der Waals surface area contributed by atoms with Crippen LogP contribution in [-0.2, 0) is 0 Å². The molecule has 0 saturated heterocycles. The van der Waals surface area contributed by atoms with E-state index in [1.165, 1.54) is 0 Å². The number of anilines is 2. The van der Waals surface area contributed by atoms with Crippen LogP contribution in [0.15, 0.2) is 48.5 Å². The second-order valence-corrected chi connectivity index (χ2v) is 3.94. The molecule has 3 nitrogen and oxygen atoms in total. The van der Waals surface area contributed by atoms with E-state index in [0.717, 1.165) is 11.4 Å². The van der Waals surface area contributed by atoms with Crippen LogP contribution in [0.5, 0.6) is 0 Å². The van der Waals surface area contributed by atoms with Crippen LogP contribution in [0.3, 0.4) is 0 Å². The highest BCUT2D eigenvalue weighted by Gasteiger charge is 2.12. The molecule has 0 saturated carbocycles. The summed E-state index contributed by atoms with van der Waals surface area (Å²) in [5.74, 6) is -0.0416. The minimum atomic E-state index is -0.0416. The highest BCUT2D eigenvalue weighted by atomic mass is 16.2. The van der Waals surface area contributed by atoms with Crippen LogP contribution in [0.1, 0.15) is 10.4 Å². The molecule has 91 valence electrons. The number of carbonyl (C=O) groups is 1. The summed E-state index contributed by atoms with van der Waals surface area (Å²) in [6.07, 6.45) is 0. The van der Waals surface area contributed by atoms with Crippen molar-refractivity contribution in [1.29, 1.82) is 0 Å². The maximum atomic E-state index is 12.2. The number of hydrogen-bond acceptors (Lipinski definition) is 2. The fourth-order valence-electron chi connectivity index (χ4n) is 1.68. The van der Waals surface area contributed by atoms with E-state index in [0.29, 0.717) is 5.56 Å². The minimum Gasteiger partial charge on any atom is -0.388 e. The highest BCUT2D eigenvalue weighted by molar-refractivity contribution is 6.05. The van der Waals surface area contributed by atoms with Gasteiger partial charge >= 0.3 is 0 Å². The van der Waals surface area contributed by atoms with Gasteiger partial charge in [0, 0.05) is 31.4 Å². The fraction of sp³-hybridized carbons (Fsp3) is 0.133. The monoisotopic (exact) mass is 239 g/mol. The smallest absolute Gasteiger partial charge is 0.258 e. The molecule has 0 aromatic heterocycles. The van der Waals surface area contributed by atoms with Crippen molar-refractivity contribution in [2.45, 2.75) is 0 Å². The zero-order chi connectivity index (χ0) is 13.0. The molecule has 0 unspecified atom stereocenters. The quantitative estimate of drug-likeness (QED) is 0.893. The molecule has 0 aliphatic carbocycles. The number of para-hydroxylation sites is 1. The summed E-state index contributed by atoms with van der Waals surface area (Å²) in [6, 6.07) is 17.9. The summed E-state index contributed by atoms with van der Waals surface area (Å²) in [4.78, 5) is 13.8. The Bertz CT molecular complexity index is 520. The molecule has 2 aromatic rings. The number of hydrogen-bond donors (Lipinski definition) is 1. The van der Waals surface area contributed by atoms with E-state index in [1.54, 1.807) is 18.0 Å². The van der Waals surface area contributed by atoms with E-state index in [-0.39, 0.29) is 5.91 Å². The first-order valence-electron chi connectivity index (χ1n) is 5.75. The molecular weight excluding hydrogens is 224 g/mol. The van der Waals surface area contributed by atoms with Gasteiger partial charge in [0.05, 0.1) is 5.69 Å². The van der Waals surface area contributed by atoms with Crippen LogP contribution in [0.25, 0.3) is 0 Å². The van der Waals surface area contributed by atoms with Crippen LogP contribution < -0.4 is 10.2 Å². The topological polar surface area (TPSA) is 32.3 Å². The number of carbonyl (C=O) groups excluding carboxylic acids is 1. The van der Waals surface area contributed by atoms with Crippen LogP contribution in [0, 0.1) is 6.07 Å². The third kappa shape index (κ3) is 2.51. The van der Waals surface area contributed by atoms with Crippen molar-refractivity contribution in [3.8, 4) is 0 Å². The van der Waals surface area contributed by atoms with Crippen LogP contribution in [0.2, 0.25) is 0 Å². The lowest BCUT2D eigenvalue weighted by Crippen LogP contribution is -2.26. The summed E-state index contributed by atoms with van der Waals surface area (Å²) >= 11 is 0. The highest BCUT2D eigenvalue weighted by Crippen LogP contribution is 2.15. The first kappa shape index (κ1) is 12.2. The van der Waals surface area contributed by atoms with E-state index >= 15 is 0 Å². The van der Waals surface area contributed by atoms with Crippen molar-refractivity contribution in [2.75, 3.05) is 24.3 Å². The molecule has 0 spiro atoms. The number of benzene rings is 2. The molecular formula is C15H15N2O. The first-order valence-corrected chi connectivity index (χ1v) is 5.75. The van der Waals surface area contributed by atoms with Gasteiger partial charge < -0.3 is 10.2 Å². The third-order valence-electron chi connectivity index (χ3n) is 2.78. The van der Waals surface area contributed by atoms with Gasteiger partial charge in [-0.3, -0.25) is 4.79 Å². The minimum absolute atomic E-state index is 0.0416. The molecule has 2 aromatic carbocycles. The van der Waals surface area contributed by atoms with Gasteiger partial charge in [0.1, 0.15) is 0 Å². The molecule has 0 aliphatic rings. The van der Waals surface area contributed by atoms with Crippen molar-refractivity contribution in [3.63, 3.8) is 0 Å². The lowest BCUT2D eigenvalue weighted by molar-refractivity contribution is 0.0993. The Morgan fingerprint density at radius 3 is 2.44 bits per heavy atom. The van der Waals surface area contributed by atoms with Crippen molar-refractivity contribution in [1.82, 2.24) is 0 Å². The molecule has 0 fully saturated rings. The molecule has 18 heavy (non-hydrogen) atoms. The Labute approximate surface area is 107 Å². The Morgan fingerprint density at radius 1 is 1.17 bits per heavy atom. The zero-order valence-electron chi connectivity index (χ0n) is 10.5. The summed E-state index contributed by atoms with van der Waals surface area (Å²) < 4.78 is 0. The number of rotatable bonds is 3. The summed E-state index contributed by atoms with van der Waals surface area (Å²) in [7, 11) is 3.60. The third-order valence-corrected chi connectivity index (χ3v) is 2.78. The van der Waals surface area contributed by atoms with Gasteiger partial charge in [0.15, 0.2) is 0 Å². The Morgan fingerprint density at radius 2 is 1.89 bits per heavy atom. The number of nitrogens with zero attached hydrogens (tertiary/aromatic N) is 1. The predicted octanol–water partition coefficient (Wildman–Crippen LogP) is 2.81. The fourth-order valence-corrected chi connectivity index (χ4v) is 1.68. The summed E-state index contributed by atoms with van der Waals surface area (Å²) in [5.41, 5.74) is 2.41. The second kappa shape index (κ2) is 5.36. The molecule has 1 amide bonds. The van der Waals surface area contributed by atoms with E-state index in [1.807, 2.05) is 49.5 Å². The average molecular weight is 239 g/mol. The zero-order valence-corrected chi connectivity index (χ0v) is 10.5. The van der Waals surface area contributed by atoms with E-state index < -0.39 is 0 Å². The Kier molecular flexibility index (Phi) is 3.63. The first-order chi connectivity index (χ1) is 8.72. The lowest BCUT2D eigenvalue weighted by atomic mass is 10.1. The van der Waals surface area contributed by atoms with Crippen molar-refractivity contribution < 1.29 is 4.79 Å². The molecule has 3 heteroatoms. The number of amides is 1. The SMILES string of the molecule is CNc1ccc(C(=O)N(C)c2[c]cccc2)cc1. The largest absolute Gasteiger partial charge is 0.388 e. The van der Waals surface area contributed by atoms with Crippen molar-refractivity contribution >= 4 is 17.3 Å². The summed E-state index contributed by atoms with van der Waals surface area (Å²) in [6.45, 7) is 0. The van der Waals surface area contributed by atoms with Crippen molar-refractivity contribution in [2.24, 2.45) is 0 Å². The normalized spacial score (nSPS) is 9.89. The average Bonchev–Trinajstić information content (AvgIpc) is 2.47. The molecule has 0 aliphatic heterocycles. The molecule has 1 radical (unpaired) electrons. The van der Waals surface area contributed by atoms with Crippen LogP contribution >= 0.6 is 0 Å². The van der Waals surface area contributed by atoms with Gasteiger partial charge in [-0.2, -0.15) is 0 Å². The molecule has 0 heterocycles. The molecule has 0 atom stereocenters. The molecule has 2 rings (SSSR count). The van der Waals surface area contributed by atoms with E-state index in [9.17, 15) is 4.79 Å². The Hall–Kier alpha value is -2.29. The van der Waals surface area contributed by atoms with Gasteiger partial charge in [-0.05, 0) is 30.3 Å². The molecule has 0 bridgehead atoms. The van der Waals surface area contributed by atoms with Gasteiger partial charge in [-0.15, -0.1) is 0 Å². The van der Waals surface area contributed by atoms with Gasteiger partial charge in [-0.1, -0.05) is 18.2 Å². The second-order valence-electron chi connectivity index (χ2n) is 3.94. The van der Waals surface area contributed by atoms with E-state index in [4.69, 9.17) is 0 Å². The lowest BCUT2D eigenvalue weighted by Gasteiger charge is -2.17. The van der Waals surface area contributed by atoms with Crippen LogP contribution in [-0.4, -0.2) is 20.0 Å². The van der Waals surface area contributed by atoms with Gasteiger partial charge in [0.25, 0.3) is 5.91 Å². The van der Waals surface area contributed by atoms with Crippen LogP contribution in [0.4, 0.5) is 11.4 Å². The van der Waals surface area contributed by atoms with Gasteiger partial charge in [0.2, 0.25) is 0 Å².